The van der Waals surface area contributed by atoms with Crippen molar-refractivity contribution >= 4 is 17.6 Å². The minimum absolute atomic E-state index is 0.259. The zero-order chi connectivity index (χ0) is 11.8. The van der Waals surface area contributed by atoms with Crippen molar-refractivity contribution in [2.75, 3.05) is 6.79 Å². The molecule has 0 radical (unpaired) electrons. The number of fused-ring (bicyclic) bond motifs is 1. The summed E-state index contributed by atoms with van der Waals surface area (Å²) in [5.74, 6) is 1.47. The first-order valence-corrected chi connectivity index (χ1v) is 5.92. The van der Waals surface area contributed by atoms with Crippen molar-refractivity contribution in [3.8, 4) is 22.1 Å². The Bertz CT molecular complexity index is 591. The largest absolute Gasteiger partial charge is 0.454 e. The van der Waals surface area contributed by atoms with Crippen LogP contribution in [0.3, 0.4) is 0 Å². The number of hydrogen-bond donors (Lipinski definition) is 0. The number of aldehydes is 1. The maximum absolute atomic E-state index is 10.8. The Balaban J connectivity index is 2.06. The number of hydrogen-bond acceptors (Lipinski definition) is 5. The van der Waals surface area contributed by atoms with Crippen molar-refractivity contribution in [1.29, 1.82) is 0 Å². The van der Waals surface area contributed by atoms with E-state index < -0.39 is 0 Å². The van der Waals surface area contributed by atoms with Crippen LogP contribution in [0.4, 0.5) is 0 Å². The molecule has 1 aliphatic rings. The lowest BCUT2D eigenvalue weighted by molar-refractivity contribution is 0.112. The van der Waals surface area contributed by atoms with Crippen LogP contribution in [0.5, 0.6) is 11.5 Å². The normalized spacial score (nSPS) is 12.8. The maximum atomic E-state index is 10.8. The third-order valence-electron chi connectivity index (χ3n) is 2.56. The molecule has 1 aromatic heterocycles. The van der Waals surface area contributed by atoms with Gasteiger partial charge in [0.15, 0.2) is 17.8 Å². The summed E-state index contributed by atoms with van der Waals surface area (Å²) < 4.78 is 10.6. The smallest absolute Gasteiger partial charge is 0.231 e. The van der Waals surface area contributed by atoms with Crippen LogP contribution in [-0.2, 0) is 0 Å². The van der Waals surface area contributed by atoms with Gasteiger partial charge in [-0.05, 0) is 25.1 Å². The molecular formula is C12H9NO3S. The van der Waals surface area contributed by atoms with Crippen molar-refractivity contribution in [2.45, 2.75) is 6.92 Å². The summed E-state index contributed by atoms with van der Waals surface area (Å²) in [7, 11) is 0. The topological polar surface area (TPSA) is 48.4 Å². The van der Waals surface area contributed by atoms with E-state index in [1.807, 2.05) is 25.1 Å². The highest BCUT2D eigenvalue weighted by molar-refractivity contribution is 7.16. The number of aryl methyl sites for hydroxylation is 1. The highest BCUT2D eigenvalue weighted by Gasteiger charge is 2.16. The lowest BCUT2D eigenvalue weighted by atomic mass is 10.2. The van der Waals surface area contributed by atoms with Crippen LogP contribution in [0.2, 0.25) is 0 Å². The molecule has 0 saturated carbocycles. The summed E-state index contributed by atoms with van der Waals surface area (Å²) in [6.45, 7) is 2.09. The molecule has 0 saturated heterocycles. The van der Waals surface area contributed by atoms with Crippen molar-refractivity contribution in [2.24, 2.45) is 0 Å². The predicted octanol–water partition coefficient (Wildman–Crippen LogP) is 2.66. The van der Waals surface area contributed by atoms with E-state index in [1.165, 1.54) is 11.3 Å². The fraction of sp³-hybridized carbons (Fsp3) is 0.167. The molecule has 1 aromatic carbocycles. The van der Waals surface area contributed by atoms with Crippen LogP contribution in [0.1, 0.15) is 15.4 Å². The molecule has 3 rings (SSSR count). The molecule has 2 heterocycles. The number of aromatic nitrogens is 1. The highest BCUT2D eigenvalue weighted by Crippen LogP contribution is 2.37. The highest BCUT2D eigenvalue weighted by atomic mass is 32.1. The van der Waals surface area contributed by atoms with Gasteiger partial charge < -0.3 is 9.47 Å². The van der Waals surface area contributed by atoms with Gasteiger partial charge in [0.2, 0.25) is 6.79 Å². The standard InChI is InChI=1S/C12H9NO3S/c1-7-11(5-14)17-12(13-7)8-2-3-9-10(4-8)16-6-15-9/h2-5H,6H2,1H3. The van der Waals surface area contributed by atoms with Gasteiger partial charge in [-0.25, -0.2) is 4.98 Å². The molecule has 0 bridgehead atoms. The van der Waals surface area contributed by atoms with Crippen molar-refractivity contribution in [3.05, 3.63) is 28.8 Å². The average molecular weight is 247 g/mol. The molecule has 0 aliphatic carbocycles. The minimum atomic E-state index is 0.259. The molecule has 17 heavy (non-hydrogen) atoms. The number of carbonyl (C=O) groups is 1. The monoisotopic (exact) mass is 247 g/mol. The molecular weight excluding hydrogens is 238 g/mol. The minimum Gasteiger partial charge on any atom is -0.454 e. The lowest BCUT2D eigenvalue weighted by Crippen LogP contribution is -1.92. The van der Waals surface area contributed by atoms with E-state index in [2.05, 4.69) is 4.98 Å². The quantitative estimate of drug-likeness (QED) is 0.765. The molecule has 1 aliphatic heterocycles. The van der Waals surface area contributed by atoms with E-state index in [1.54, 1.807) is 0 Å². The van der Waals surface area contributed by atoms with Gasteiger partial charge in [0.25, 0.3) is 0 Å². The van der Waals surface area contributed by atoms with Crippen LogP contribution in [-0.4, -0.2) is 18.1 Å². The molecule has 86 valence electrons. The van der Waals surface area contributed by atoms with Crippen LogP contribution in [0.25, 0.3) is 10.6 Å². The maximum Gasteiger partial charge on any atom is 0.231 e. The van der Waals surface area contributed by atoms with Gasteiger partial charge in [0.1, 0.15) is 5.01 Å². The van der Waals surface area contributed by atoms with Gasteiger partial charge in [0, 0.05) is 5.56 Å². The Morgan fingerprint density at radius 2 is 2.18 bits per heavy atom. The van der Waals surface area contributed by atoms with Gasteiger partial charge >= 0.3 is 0 Å². The third-order valence-corrected chi connectivity index (χ3v) is 3.69. The molecule has 0 atom stereocenters. The first kappa shape index (κ1) is 10.3. The molecule has 2 aromatic rings. The fourth-order valence-electron chi connectivity index (χ4n) is 1.67. The Hall–Kier alpha value is -1.88. The Morgan fingerprint density at radius 3 is 2.94 bits per heavy atom. The van der Waals surface area contributed by atoms with Crippen LogP contribution < -0.4 is 9.47 Å². The van der Waals surface area contributed by atoms with E-state index in [0.29, 0.717) is 4.88 Å². The molecule has 4 nitrogen and oxygen atoms in total. The van der Waals surface area contributed by atoms with Gasteiger partial charge in [-0.2, -0.15) is 0 Å². The number of thiazole rings is 1. The number of ether oxygens (including phenoxy) is 2. The van der Waals surface area contributed by atoms with Crippen LogP contribution in [0.15, 0.2) is 18.2 Å². The molecule has 0 fully saturated rings. The van der Waals surface area contributed by atoms with E-state index in [0.717, 1.165) is 34.1 Å². The number of benzene rings is 1. The summed E-state index contributed by atoms with van der Waals surface area (Å²) in [4.78, 5) is 15.8. The zero-order valence-electron chi connectivity index (χ0n) is 9.10. The number of rotatable bonds is 2. The van der Waals surface area contributed by atoms with Gasteiger partial charge in [-0.3, -0.25) is 4.79 Å². The summed E-state index contributed by atoms with van der Waals surface area (Å²) in [5.41, 5.74) is 1.70. The Kier molecular flexibility index (Phi) is 2.33. The zero-order valence-corrected chi connectivity index (χ0v) is 9.91. The van der Waals surface area contributed by atoms with Crippen LogP contribution in [0, 0.1) is 6.92 Å². The molecule has 0 N–H and O–H groups in total. The summed E-state index contributed by atoms with van der Waals surface area (Å²) in [5, 5.41) is 0.822. The van der Waals surface area contributed by atoms with Crippen LogP contribution >= 0.6 is 11.3 Å². The van der Waals surface area contributed by atoms with E-state index in [4.69, 9.17) is 9.47 Å². The fourth-order valence-corrected chi connectivity index (χ4v) is 2.55. The second-order valence-electron chi connectivity index (χ2n) is 3.65. The number of nitrogens with zero attached hydrogens (tertiary/aromatic N) is 1. The predicted molar refractivity (Wildman–Crippen MR) is 63.8 cm³/mol. The molecule has 0 spiro atoms. The summed E-state index contributed by atoms with van der Waals surface area (Å²) in [6.07, 6.45) is 0.837. The van der Waals surface area contributed by atoms with Gasteiger partial charge in [0.05, 0.1) is 10.6 Å². The molecule has 0 amide bonds. The Morgan fingerprint density at radius 1 is 1.35 bits per heavy atom. The second kappa shape index (κ2) is 3.85. The van der Waals surface area contributed by atoms with E-state index in [-0.39, 0.29) is 6.79 Å². The van der Waals surface area contributed by atoms with Crippen molar-refractivity contribution < 1.29 is 14.3 Å². The summed E-state index contributed by atoms with van der Waals surface area (Å²) in [6, 6.07) is 5.66. The first-order valence-electron chi connectivity index (χ1n) is 5.10. The van der Waals surface area contributed by atoms with Crippen molar-refractivity contribution in [1.82, 2.24) is 4.98 Å². The SMILES string of the molecule is Cc1nc(-c2ccc3c(c2)OCO3)sc1C=O. The van der Waals surface area contributed by atoms with Gasteiger partial charge in [-0.1, -0.05) is 0 Å². The molecule has 5 heteroatoms. The Labute approximate surface area is 102 Å². The second-order valence-corrected chi connectivity index (χ2v) is 4.69. The average Bonchev–Trinajstić information content (AvgIpc) is 2.93. The molecule has 0 unspecified atom stereocenters. The third kappa shape index (κ3) is 1.68. The van der Waals surface area contributed by atoms with E-state index in [9.17, 15) is 4.79 Å². The lowest BCUT2D eigenvalue weighted by Gasteiger charge is -1.98. The number of carbonyl (C=O) groups excluding carboxylic acids is 1. The van der Waals surface area contributed by atoms with E-state index >= 15 is 0 Å². The van der Waals surface area contributed by atoms with Crippen molar-refractivity contribution in [3.63, 3.8) is 0 Å². The summed E-state index contributed by atoms with van der Waals surface area (Å²) >= 11 is 1.38. The first-order chi connectivity index (χ1) is 8.28. The van der Waals surface area contributed by atoms with Gasteiger partial charge in [-0.15, -0.1) is 11.3 Å².